The van der Waals surface area contributed by atoms with Gasteiger partial charge in [-0.2, -0.15) is 5.10 Å². The van der Waals surface area contributed by atoms with Crippen molar-refractivity contribution < 1.29 is 18.7 Å². The molecule has 1 saturated carbocycles. The Morgan fingerprint density at radius 1 is 1.00 bits per heavy atom. The summed E-state index contributed by atoms with van der Waals surface area (Å²) in [4.78, 5) is 44.4. The summed E-state index contributed by atoms with van der Waals surface area (Å²) < 4.78 is 13.0. The van der Waals surface area contributed by atoms with Gasteiger partial charge in [0.2, 0.25) is 5.91 Å². The average Bonchev–Trinajstić information content (AvgIpc) is 3.79. The van der Waals surface area contributed by atoms with Gasteiger partial charge in [0, 0.05) is 45.2 Å². The van der Waals surface area contributed by atoms with Crippen LogP contribution < -0.4 is 9.64 Å². The Labute approximate surface area is 294 Å². The molecule has 49 heavy (non-hydrogen) atoms. The summed E-state index contributed by atoms with van der Waals surface area (Å²) in [6.07, 6.45) is 9.54. The van der Waals surface area contributed by atoms with Gasteiger partial charge in [-0.15, -0.1) is 12.4 Å². The predicted octanol–water partition coefficient (Wildman–Crippen LogP) is 4.84. The number of nitrogens with zero attached hydrogens (tertiary/aromatic N) is 8. The molecule has 13 heteroatoms. The van der Waals surface area contributed by atoms with Crippen molar-refractivity contribution >= 4 is 41.1 Å². The molecule has 1 aliphatic carbocycles. The zero-order valence-electron chi connectivity index (χ0n) is 28.9. The number of carbonyl (C=O) groups is 2. The summed E-state index contributed by atoms with van der Waals surface area (Å²) in [6.45, 7) is 8.27. The van der Waals surface area contributed by atoms with Gasteiger partial charge in [0.1, 0.15) is 17.9 Å². The van der Waals surface area contributed by atoms with E-state index in [-0.39, 0.29) is 30.1 Å². The van der Waals surface area contributed by atoms with E-state index >= 15 is 0 Å². The molecule has 0 bridgehead atoms. The number of anilines is 1. The summed E-state index contributed by atoms with van der Waals surface area (Å²) in [5.74, 6) is 2.75. The number of benzene rings is 1. The van der Waals surface area contributed by atoms with Crippen molar-refractivity contribution in [2.75, 3.05) is 71.4 Å². The molecule has 4 aromatic rings. The molecule has 0 atom stereocenters. The Hall–Kier alpha value is -4.16. The number of amides is 2. The molecule has 0 spiro atoms. The Bertz CT molecular complexity index is 1650. The van der Waals surface area contributed by atoms with Crippen molar-refractivity contribution in [2.45, 2.75) is 45.6 Å². The molecule has 1 saturated heterocycles. The van der Waals surface area contributed by atoms with Crippen molar-refractivity contribution in [1.82, 2.24) is 34.4 Å². The predicted molar refractivity (Wildman–Crippen MR) is 191 cm³/mol. The fourth-order valence-electron chi connectivity index (χ4n) is 7.03. The number of hydrogen-bond acceptors (Lipinski definition) is 9. The van der Waals surface area contributed by atoms with E-state index in [0.717, 1.165) is 66.8 Å². The highest BCUT2D eigenvalue weighted by Crippen LogP contribution is 2.32. The molecular weight excluding hydrogens is 644 g/mol. The minimum atomic E-state index is -0.0459. The minimum Gasteiger partial charge on any atom is -0.494 e. The second kappa shape index (κ2) is 17.0. The topological polar surface area (TPSA) is 113 Å². The van der Waals surface area contributed by atoms with Crippen LogP contribution in [-0.2, 0) is 11.3 Å². The lowest BCUT2D eigenvalue weighted by Crippen LogP contribution is -2.51. The van der Waals surface area contributed by atoms with Gasteiger partial charge in [-0.1, -0.05) is 12.1 Å². The highest BCUT2D eigenvalue weighted by Gasteiger charge is 2.33. The van der Waals surface area contributed by atoms with Gasteiger partial charge in [0.25, 0.3) is 5.91 Å². The summed E-state index contributed by atoms with van der Waals surface area (Å²) >= 11 is 0. The zero-order valence-corrected chi connectivity index (χ0v) is 29.7. The van der Waals surface area contributed by atoms with Gasteiger partial charge >= 0.3 is 0 Å². The molecule has 12 nitrogen and oxygen atoms in total. The molecule has 4 heterocycles. The van der Waals surface area contributed by atoms with E-state index in [1.54, 1.807) is 24.7 Å². The monoisotopic (exact) mass is 692 g/mol. The molecule has 6 rings (SSSR count). The second-order valence-corrected chi connectivity index (χ2v) is 13.2. The fourth-order valence-corrected chi connectivity index (χ4v) is 7.03. The van der Waals surface area contributed by atoms with Crippen LogP contribution in [0.3, 0.4) is 0 Å². The second-order valence-electron chi connectivity index (χ2n) is 13.2. The maximum Gasteiger partial charge on any atom is 0.289 e. The first-order valence-corrected chi connectivity index (χ1v) is 17.3. The lowest BCUT2D eigenvalue weighted by atomic mass is 9.81. The highest BCUT2D eigenvalue weighted by molar-refractivity contribution is 5.91. The molecule has 2 amide bonds. The Morgan fingerprint density at radius 2 is 1.80 bits per heavy atom. The van der Waals surface area contributed by atoms with E-state index < -0.39 is 0 Å². The molecule has 0 N–H and O–H groups in total. The highest BCUT2D eigenvalue weighted by atomic mass is 35.5. The molecule has 2 fully saturated rings. The van der Waals surface area contributed by atoms with Crippen molar-refractivity contribution in [3.63, 3.8) is 0 Å². The molecule has 2 aliphatic rings. The van der Waals surface area contributed by atoms with Gasteiger partial charge in [-0.25, -0.2) is 14.6 Å². The van der Waals surface area contributed by atoms with Crippen LogP contribution in [0.5, 0.6) is 5.75 Å². The maximum absolute atomic E-state index is 13.6. The van der Waals surface area contributed by atoms with Crippen LogP contribution in [0.25, 0.3) is 11.0 Å². The van der Waals surface area contributed by atoms with E-state index in [2.05, 4.69) is 30.9 Å². The van der Waals surface area contributed by atoms with Gasteiger partial charge in [-0.05, 0) is 95.4 Å². The number of rotatable bonds is 13. The van der Waals surface area contributed by atoms with Crippen LogP contribution in [0.4, 0.5) is 5.82 Å². The van der Waals surface area contributed by atoms with E-state index in [0.29, 0.717) is 64.1 Å². The van der Waals surface area contributed by atoms with Crippen LogP contribution in [-0.4, -0.2) is 113 Å². The summed E-state index contributed by atoms with van der Waals surface area (Å²) in [7, 11) is 4.10. The standard InChI is InChI=1S/C36H48N8O4.ClH/c1-4-47-30-9-5-8-28(22-30)25-44-34-31(23-39-44)33(37-26-38-34)41-17-19-42(20-18-41)35(45)29-13-11-27(12-14-29)24-43(16-7-15-40(2)3)36(46)32-10-6-21-48-32;/h5-6,8-10,21-23,26-27,29H,4,7,11-20,24-25H2,1-3H3;1H/t27-,29-;. The first kappa shape index (κ1) is 36.1. The minimum absolute atomic E-state index is 0. The maximum atomic E-state index is 13.6. The Kier molecular flexibility index (Phi) is 12.5. The van der Waals surface area contributed by atoms with E-state index in [1.165, 1.54) is 0 Å². The number of carbonyl (C=O) groups excluding carboxylic acids is 2. The Morgan fingerprint density at radius 3 is 2.51 bits per heavy atom. The van der Waals surface area contributed by atoms with E-state index in [4.69, 9.17) is 9.15 Å². The fraction of sp³-hybridized carbons (Fsp3) is 0.528. The molecule has 1 aromatic carbocycles. The molecular formula is C36H49ClN8O4. The number of piperazine rings is 1. The normalized spacial score (nSPS) is 18.0. The largest absolute Gasteiger partial charge is 0.494 e. The van der Waals surface area contributed by atoms with Gasteiger partial charge in [-0.3, -0.25) is 9.59 Å². The van der Waals surface area contributed by atoms with Crippen molar-refractivity contribution in [3.8, 4) is 5.75 Å². The number of halogens is 1. The molecule has 264 valence electrons. The summed E-state index contributed by atoms with van der Waals surface area (Å²) in [5, 5.41) is 5.56. The molecule has 0 radical (unpaired) electrons. The third kappa shape index (κ3) is 8.90. The number of hydrogen-bond donors (Lipinski definition) is 0. The lowest BCUT2D eigenvalue weighted by molar-refractivity contribution is -0.137. The average molecular weight is 693 g/mol. The van der Waals surface area contributed by atoms with E-state index in [1.807, 2.05) is 59.9 Å². The van der Waals surface area contributed by atoms with Crippen LogP contribution >= 0.6 is 12.4 Å². The number of ether oxygens (including phenoxy) is 1. The van der Waals surface area contributed by atoms with Crippen molar-refractivity contribution in [2.24, 2.45) is 11.8 Å². The first-order chi connectivity index (χ1) is 23.4. The zero-order chi connectivity index (χ0) is 33.5. The number of aromatic nitrogens is 4. The quantitative estimate of drug-likeness (QED) is 0.194. The van der Waals surface area contributed by atoms with E-state index in [9.17, 15) is 9.59 Å². The van der Waals surface area contributed by atoms with Gasteiger partial charge in [0.15, 0.2) is 11.4 Å². The lowest BCUT2D eigenvalue weighted by Gasteiger charge is -2.39. The third-order valence-corrected chi connectivity index (χ3v) is 9.57. The summed E-state index contributed by atoms with van der Waals surface area (Å²) in [5.41, 5.74) is 1.88. The molecule has 0 unspecified atom stereocenters. The SMILES string of the molecule is CCOc1cccc(Cn2ncc3c(N4CCN(C(=O)[C@H]5CC[C@H](CN(CCCN(C)C)C(=O)c6ccco6)CC5)CC4)ncnc32)c1.Cl. The summed E-state index contributed by atoms with van der Waals surface area (Å²) in [6, 6.07) is 11.5. The van der Waals surface area contributed by atoms with Crippen LogP contribution in [0.2, 0.25) is 0 Å². The van der Waals surface area contributed by atoms with Crippen LogP contribution in [0, 0.1) is 11.8 Å². The number of fused-ring (bicyclic) bond motifs is 1. The van der Waals surface area contributed by atoms with Gasteiger partial charge < -0.3 is 28.8 Å². The van der Waals surface area contributed by atoms with Gasteiger partial charge in [0.05, 0.1) is 31.0 Å². The van der Waals surface area contributed by atoms with Crippen LogP contribution in [0.15, 0.2) is 59.6 Å². The van der Waals surface area contributed by atoms with Crippen molar-refractivity contribution in [1.29, 1.82) is 0 Å². The number of furan rings is 1. The first-order valence-electron chi connectivity index (χ1n) is 17.3. The Balaban J connectivity index is 0.00000468. The molecule has 1 aliphatic heterocycles. The molecule has 3 aromatic heterocycles. The van der Waals surface area contributed by atoms with Crippen LogP contribution in [0.1, 0.15) is 55.1 Å². The third-order valence-electron chi connectivity index (χ3n) is 9.57. The smallest absolute Gasteiger partial charge is 0.289 e. The van der Waals surface area contributed by atoms with Crippen molar-refractivity contribution in [3.05, 3.63) is 66.5 Å².